The van der Waals surface area contributed by atoms with Crippen LogP contribution in [0, 0.1) is 5.92 Å². The summed E-state index contributed by atoms with van der Waals surface area (Å²) in [7, 11) is 1.37. The van der Waals surface area contributed by atoms with E-state index in [1.807, 2.05) is 12.1 Å². The number of fused-ring (bicyclic) bond motifs is 2. The number of piperidine rings is 1. The van der Waals surface area contributed by atoms with Crippen LogP contribution in [0.2, 0.25) is 0 Å². The van der Waals surface area contributed by atoms with Crippen LogP contribution in [0.5, 0.6) is 0 Å². The molecule has 3 rings (SSSR count). The Hall–Kier alpha value is -1.88. The Morgan fingerprint density at radius 1 is 1.17 bits per heavy atom. The number of hydrogen-bond acceptors (Lipinski definition) is 4. The summed E-state index contributed by atoms with van der Waals surface area (Å²) in [5, 5.41) is 6.64. The number of ether oxygens (including phenoxy) is 1. The smallest absolute Gasteiger partial charge is 0.337 e. The highest BCUT2D eigenvalue weighted by Crippen LogP contribution is 2.32. The van der Waals surface area contributed by atoms with Gasteiger partial charge in [-0.15, -0.1) is 0 Å². The second-order valence-corrected chi connectivity index (χ2v) is 6.97. The highest BCUT2D eigenvalue weighted by Gasteiger charge is 2.34. The van der Waals surface area contributed by atoms with E-state index < -0.39 is 0 Å². The van der Waals surface area contributed by atoms with Crippen LogP contribution in [-0.2, 0) is 16.0 Å². The fourth-order valence-electron chi connectivity index (χ4n) is 3.95. The molecule has 2 bridgehead atoms. The Bertz CT molecular complexity index is 573. The highest BCUT2D eigenvalue weighted by atomic mass is 16.5. The van der Waals surface area contributed by atoms with E-state index in [0.717, 1.165) is 24.8 Å². The largest absolute Gasteiger partial charge is 0.465 e. The summed E-state index contributed by atoms with van der Waals surface area (Å²) in [6.07, 6.45) is 6.23. The van der Waals surface area contributed by atoms with Gasteiger partial charge in [0.1, 0.15) is 0 Å². The van der Waals surface area contributed by atoms with Gasteiger partial charge in [-0.25, -0.2) is 4.79 Å². The molecule has 0 spiro atoms. The topological polar surface area (TPSA) is 67.4 Å². The van der Waals surface area contributed by atoms with Crippen molar-refractivity contribution in [2.24, 2.45) is 5.92 Å². The zero-order valence-corrected chi connectivity index (χ0v) is 14.2. The molecule has 2 heterocycles. The summed E-state index contributed by atoms with van der Waals surface area (Å²) in [4.78, 5) is 23.5. The molecule has 2 aliphatic heterocycles. The summed E-state index contributed by atoms with van der Waals surface area (Å²) < 4.78 is 4.68. The van der Waals surface area contributed by atoms with Gasteiger partial charge in [0.15, 0.2) is 0 Å². The van der Waals surface area contributed by atoms with E-state index in [1.54, 1.807) is 12.1 Å². The number of hydrogen-bond donors (Lipinski definition) is 2. The molecule has 130 valence electrons. The van der Waals surface area contributed by atoms with Crippen LogP contribution >= 0.6 is 0 Å². The molecule has 1 amide bonds. The van der Waals surface area contributed by atoms with Crippen molar-refractivity contribution in [2.75, 3.05) is 13.7 Å². The van der Waals surface area contributed by atoms with Gasteiger partial charge in [0, 0.05) is 25.0 Å². The summed E-state index contributed by atoms with van der Waals surface area (Å²) in [6, 6.07) is 8.60. The summed E-state index contributed by atoms with van der Waals surface area (Å²) >= 11 is 0. The zero-order chi connectivity index (χ0) is 16.9. The van der Waals surface area contributed by atoms with Crippen molar-refractivity contribution >= 4 is 11.9 Å². The lowest BCUT2D eigenvalue weighted by atomic mass is 9.89. The predicted octanol–water partition coefficient (Wildman–Crippen LogP) is 2.05. The molecule has 5 nitrogen and oxygen atoms in total. The molecule has 1 aromatic rings. The van der Waals surface area contributed by atoms with Gasteiger partial charge < -0.3 is 15.4 Å². The van der Waals surface area contributed by atoms with Crippen LogP contribution in [0.25, 0.3) is 0 Å². The third-order valence-corrected chi connectivity index (χ3v) is 5.16. The standard InChI is InChI=1S/C19H26N2O3/c1-24-19(23)15-4-2-13(3-5-15)8-9-20-18(22)12-14-10-16-6-7-17(11-14)21-16/h2-5,14,16-17,21H,6-12H2,1H3,(H,20,22). The van der Waals surface area contributed by atoms with E-state index in [4.69, 9.17) is 0 Å². The maximum atomic E-state index is 12.1. The van der Waals surface area contributed by atoms with Crippen LogP contribution in [0.1, 0.15) is 48.0 Å². The van der Waals surface area contributed by atoms with E-state index in [0.29, 0.717) is 36.5 Å². The maximum absolute atomic E-state index is 12.1. The molecule has 2 N–H and O–H groups in total. The fourth-order valence-corrected chi connectivity index (χ4v) is 3.95. The Kier molecular flexibility index (Phi) is 5.51. The molecule has 0 saturated carbocycles. The number of esters is 1. The zero-order valence-electron chi connectivity index (χ0n) is 14.2. The van der Waals surface area contributed by atoms with Crippen molar-refractivity contribution in [1.82, 2.24) is 10.6 Å². The summed E-state index contributed by atoms with van der Waals surface area (Å²) in [5.74, 6) is 0.362. The first-order chi connectivity index (χ1) is 11.6. The Morgan fingerprint density at radius 2 is 1.83 bits per heavy atom. The molecule has 2 atom stereocenters. The minimum atomic E-state index is -0.328. The van der Waals surface area contributed by atoms with E-state index in [9.17, 15) is 9.59 Å². The Labute approximate surface area is 143 Å². The maximum Gasteiger partial charge on any atom is 0.337 e. The lowest BCUT2D eigenvalue weighted by Gasteiger charge is -2.28. The number of carbonyl (C=O) groups is 2. The summed E-state index contributed by atoms with van der Waals surface area (Å²) in [6.45, 7) is 0.633. The lowest BCUT2D eigenvalue weighted by molar-refractivity contribution is -0.122. The molecule has 2 unspecified atom stereocenters. The van der Waals surface area contributed by atoms with Gasteiger partial charge in [-0.3, -0.25) is 4.79 Å². The van der Waals surface area contributed by atoms with Gasteiger partial charge in [0.05, 0.1) is 12.7 Å². The Balaban J connectivity index is 1.38. The van der Waals surface area contributed by atoms with Crippen LogP contribution in [0.15, 0.2) is 24.3 Å². The van der Waals surface area contributed by atoms with Crippen molar-refractivity contribution in [3.05, 3.63) is 35.4 Å². The number of amides is 1. The molecule has 5 heteroatoms. The molecule has 0 aromatic heterocycles. The minimum absolute atomic E-state index is 0.160. The molecular weight excluding hydrogens is 304 g/mol. The van der Waals surface area contributed by atoms with Crippen molar-refractivity contribution in [2.45, 2.75) is 50.6 Å². The van der Waals surface area contributed by atoms with E-state index >= 15 is 0 Å². The lowest BCUT2D eigenvalue weighted by Crippen LogP contribution is -2.39. The quantitative estimate of drug-likeness (QED) is 0.784. The van der Waals surface area contributed by atoms with E-state index in [-0.39, 0.29) is 11.9 Å². The first kappa shape index (κ1) is 17.0. The fraction of sp³-hybridized carbons (Fsp3) is 0.579. The molecule has 2 saturated heterocycles. The van der Waals surface area contributed by atoms with Gasteiger partial charge in [-0.05, 0) is 55.7 Å². The molecule has 2 aliphatic rings. The molecule has 0 aliphatic carbocycles. The van der Waals surface area contributed by atoms with Crippen LogP contribution in [-0.4, -0.2) is 37.6 Å². The van der Waals surface area contributed by atoms with Crippen LogP contribution < -0.4 is 10.6 Å². The second-order valence-electron chi connectivity index (χ2n) is 6.97. The van der Waals surface area contributed by atoms with Crippen molar-refractivity contribution in [1.29, 1.82) is 0 Å². The molecule has 24 heavy (non-hydrogen) atoms. The monoisotopic (exact) mass is 330 g/mol. The number of carbonyl (C=O) groups excluding carboxylic acids is 2. The predicted molar refractivity (Wildman–Crippen MR) is 91.8 cm³/mol. The Morgan fingerprint density at radius 3 is 2.46 bits per heavy atom. The van der Waals surface area contributed by atoms with Gasteiger partial charge >= 0.3 is 5.97 Å². The van der Waals surface area contributed by atoms with E-state index in [1.165, 1.54) is 20.0 Å². The van der Waals surface area contributed by atoms with Gasteiger partial charge in [0.25, 0.3) is 0 Å². The molecule has 0 radical (unpaired) electrons. The minimum Gasteiger partial charge on any atom is -0.465 e. The first-order valence-corrected chi connectivity index (χ1v) is 8.84. The third kappa shape index (κ3) is 4.35. The summed E-state index contributed by atoms with van der Waals surface area (Å²) in [5.41, 5.74) is 1.65. The number of benzene rings is 1. The third-order valence-electron chi connectivity index (χ3n) is 5.16. The van der Waals surface area contributed by atoms with Crippen LogP contribution in [0.3, 0.4) is 0 Å². The average Bonchev–Trinajstić information content (AvgIpc) is 2.93. The van der Waals surface area contributed by atoms with Gasteiger partial charge in [0.2, 0.25) is 5.91 Å². The number of methoxy groups -OCH3 is 1. The molecular formula is C19H26N2O3. The highest BCUT2D eigenvalue weighted by molar-refractivity contribution is 5.89. The van der Waals surface area contributed by atoms with Crippen molar-refractivity contribution in [3.63, 3.8) is 0 Å². The van der Waals surface area contributed by atoms with E-state index in [2.05, 4.69) is 15.4 Å². The van der Waals surface area contributed by atoms with Gasteiger partial charge in [-0.2, -0.15) is 0 Å². The van der Waals surface area contributed by atoms with Gasteiger partial charge in [-0.1, -0.05) is 12.1 Å². The number of rotatable bonds is 6. The van der Waals surface area contributed by atoms with Crippen LogP contribution in [0.4, 0.5) is 0 Å². The number of nitrogens with one attached hydrogen (secondary N) is 2. The normalized spacial score (nSPS) is 25.3. The molecule has 2 fully saturated rings. The van der Waals surface area contributed by atoms with Crippen molar-refractivity contribution < 1.29 is 14.3 Å². The second kappa shape index (κ2) is 7.79. The SMILES string of the molecule is COC(=O)c1ccc(CCNC(=O)CC2CC3CCC(C2)N3)cc1. The average molecular weight is 330 g/mol. The van der Waals surface area contributed by atoms with Crippen molar-refractivity contribution in [3.8, 4) is 0 Å². The first-order valence-electron chi connectivity index (χ1n) is 8.84. The molecule has 1 aromatic carbocycles.